The first-order valence-corrected chi connectivity index (χ1v) is 8.58. The number of benzene rings is 3. The Bertz CT molecular complexity index is 962. The highest BCUT2D eigenvalue weighted by atomic mass is 35.5. The van der Waals surface area contributed by atoms with Crippen molar-refractivity contribution in [1.29, 1.82) is 0 Å². The third kappa shape index (κ3) is 3.09. The largest absolute Gasteiger partial charge is 0.326 e. The number of hydrogen-bond donors (Lipinski definition) is 0. The lowest BCUT2D eigenvalue weighted by molar-refractivity contribution is 0.678. The molecule has 1 aromatic heterocycles. The highest BCUT2D eigenvalue weighted by Crippen LogP contribution is 2.37. The normalized spacial score (nSPS) is 12.0. The number of aromatic nitrogens is 2. The van der Waals surface area contributed by atoms with E-state index in [0.29, 0.717) is 0 Å². The highest BCUT2D eigenvalue weighted by Gasteiger charge is 2.20. The predicted molar refractivity (Wildman–Crippen MR) is 103 cm³/mol. The van der Waals surface area contributed by atoms with E-state index in [2.05, 4.69) is 64.1 Å². The van der Waals surface area contributed by atoms with Gasteiger partial charge in [-0.05, 0) is 22.8 Å². The molecule has 0 spiro atoms. The molecule has 122 valence electrons. The maximum atomic E-state index is 6.49. The topological polar surface area (TPSA) is 17.8 Å². The van der Waals surface area contributed by atoms with Crippen LogP contribution in [0.25, 0.3) is 11.1 Å². The number of imidazole rings is 1. The van der Waals surface area contributed by atoms with Crippen molar-refractivity contribution in [3.8, 4) is 11.1 Å². The Morgan fingerprint density at radius 3 is 2.16 bits per heavy atom. The van der Waals surface area contributed by atoms with E-state index in [1.54, 1.807) is 0 Å². The summed E-state index contributed by atoms with van der Waals surface area (Å²) in [6, 6.07) is 26.9. The quantitative estimate of drug-likeness (QED) is 0.454. The summed E-state index contributed by atoms with van der Waals surface area (Å²) in [5, 5.41) is 0.757. The van der Waals surface area contributed by atoms with Crippen molar-refractivity contribution in [3.63, 3.8) is 0 Å². The van der Waals surface area contributed by atoms with Gasteiger partial charge in [0.25, 0.3) is 0 Å². The molecule has 0 amide bonds. The fourth-order valence-corrected chi connectivity index (χ4v) is 3.47. The van der Waals surface area contributed by atoms with Crippen LogP contribution in [0.2, 0.25) is 5.02 Å². The fraction of sp³-hybridized carbons (Fsp3) is 0.0455. The molecule has 1 unspecified atom stereocenters. The van der Waals surface area contributed by atoms with Crippen LogP contribution in [0.4, 0.5) is 0 Å². The molecule has 0 saturated carbocycles. The molecular formula is C22H17ClN2. The third-order valence-electron chi connectivity index (χ3n) is 4.36. The number of hydrogen-bond acceptors (Lipinski definition) is 1. The molecule has 0 radical (unpaired) electrons. The van der Waals surface area contributed by atoms with Crippen LogP contribution in [0.5, 0.6) is 0 Å². The van der Waals surface area contributed by atoms with Crippen LogP contribution < -0.4 is 0 Å². The molecule has 1 heterocycles. The van der Waals surface area contributed by atoms with Crippen LogP contribution in [-0.4, -0.2) is 9.55 Å². The van der Waals surface area contributed by atoms with Crippen molar-refractivity contribution >= 4 is 11.6 Å². The summed E-state index contributed by atoms with van der Waals surface area (Å²) in [5.74, 6) is 0. The smallest absolute Gasteiger partial charge is 0.0954 e. The molecule has 0 aliphatic carbocycles. The molecule has 2 nitrogen and oxygen atoms in total. The zero-order valence-electron chi connectivity index (χ0n) is 13.6. The second-order valence-electron chi connectivity index (χ2n) is 5.89. The average Bonchev–Trinajstić information content (AvgIpc) is 3.18. The van der Waals surface area contributed by atoms with Crippen molar-refractivity contribution in [2.75, 3.05) is 0 Å². The molecule has 0 N–H and O–H groups in total. The Kier molecular flexibility index (Phi) is 4.36. The van der Waals surface area contributed by atoms with Gasteiger partial charge in [0.15, 0.2) is 0 Å². The Morgan fingerprint density at radius 2 is 1.44 bits per heavy atom. The fourth-order valence-electron chi connectivity index (χ4n) is 3.23. The van der Waals surface area contributed by atoms with Crippen molar-refractivity contribution in [2.24, 2.45) is 0 Å². The summed E-state index contributed by atoms with van der Waals surface area (Å²) in [6.45, 7) is 0. The lowest BCUT2D eigenvalue weighted by atomic mass is 9.91. The molecule has 3 heteroatoms. The van der Waals surface area contributed by atoms with Gasteiger partial charge in [0.1, 0.15) is 0 Å². The van der Waals surface area contributed by atoms with Crippen LogP contribution >= 0.6 is 11.6 Å². The van der Waals surface area contributed by atoms with Gasteiger partial charge in [0.05, 0.1) is 12.4 Å². The molecule has 4 rings (SSSR count). The third-order valence-corrected chi connectivity index (χ3v) is 4.69. The molecule has 4 aromatic rings. The summed E-state index contributed by atoms with van der Waals surface area (Å²) >= 11 is 6.49. The van der Waals surface area contributed by atoms with Gasteiger partial charge in [-0.25, -0.2) is 4.98 Å². The summed E-state index contributed by atoms with van der Waals surface area (Å²) in [6.07, 6.45) is 5.68. The summed E-state index contributed by atoms with van der Waals surface area (Å²) in [4.78, 5) is 4.25. The minimum Gasteiger partial charge on any atom is -0.326 e. The predicted octanol–water partition coefficient (Wildman–Crippen LogP) is 5.84. The van der Waals surface area contributed by atoms with Crippen molar-refractivity contribution < 1.29 is 0 Å². The summed E-state index contributed by atoms with van der Waals surface area (Å²) in [5.41, 5.74) is 4.58. The second kappa shape index (κ2) is 6.96. The molecule has 3 aromatic carbocycles. The molecule has 0 saturated heterocycles. The van der Waals surface area contributed by atoms with Crippen LogP contribution in [0.1, 0.15) is 17.2 Å². The molecule has 0 bridgehead atoms. The van der Waals surface area contributed by atoms with Gasteiger partial charge >= 0.3 is 0 Å². The first kappa shape index (κ1) is 15.7. The lowest BCUT2D eigenvalue weighted by Gasteiger charge is -2.23. The molecule has 25 heavy (non-hydrogen) atoms. The van der Waals surface area contributed by atoms with Gasteiger partial charge in [-0.15, -0.1) is 0 Å². The van der Waals surface area contributed by atoms with Crippen LogP contribution in [0.15, 0.2) is 97.6 Å². The van der Waals surface area contributed by atoms with Gasteiger partial charge < -0.3 is 4.57 Å². The van der Waals surface area contributed by atoms with E-state index in [1.807, 2.05) is 43.0 Å². The van der Waals surface area contributed by atoms with E-state index in [0.717, 1.165) is 16.1 Å². The monoisotopic (exact) mass is 344 g/mol. The van der Waals surface area contributed by atoms with Gasteiger partial charge in [-0.1, -0.05) is 84.4 Å². The van der Waals surface area contributed by atoms with Gasteiger partial charge in [-0.2, -0.15) is 0 Å². The summed E-state index contributed by atoms with van der Waals surface area (Å²) < 4.78 is 2.13. The van der Waals surface area contributed by atoms with Crippen molar-refractivity contribution in [1.82, 2.24) is 9.55 Å². The maximum Gasteiger partial charge on any atom is 0.0954 e. The molecule has 0 aliphatic heterocycles. The van der Waals surface area contributed by atoms with Crippen LogP contribution in [-0.2, 0) is 0 Å². The molecular weight excluding hydrogens is 328 g/mol. The summed E-state index contributed by atoms with van der Waals surface area (Å²) in [7, 11) is 0. The number of nitrogens with zero attached hydrogens (tertiary/aromatic N) is 2. The first-order chi connectivity index (χ1) is 12.3. The lowest BCUT2D eigenvalue weighted by Crippen LogP contribution is -2.11. The first-order valence-electron chi connectivity index (χ1n) is 8.21. The zero-order chi connectivity index (χ0) is 17.1. The Labute approximate surface area is 152 Å². The van der Waals surface area contributed by atoms with E-state index in [-0.39, 0.29) is 6.04 Å². The Balaban J connectivity index is 1.94. The average molecular weight is 345 g/mol. The van der Waals surface area contributed by atoms with Crippen LogP contribution in [0.3, 0.4) is 0 Å². The Morgan fingerprint density at radius 1 is 0.760 bits per heavy atom. The Hall–Kier alpha value is -2.84. The zero-order valence-corrected chi connectivity index (χ0v) is 14.3. The van der Waals surface area contributed by atoms with Gasteiger partial charge in [-0.3, -0.25) is 0 Å². The van der Waals surface area contributed by atoms with Crippen molar-refractivity contribution in [2.45, 2.75) is 6.04 Å². The van der Waals surface area contributed by atoms with E-state index in [9.17, 15) is 0 Å². The number of halogens is 1. The number of rotatable bonds is 4. The maximum absolute atomic E-state index is 6.49. The standard InChI is InChI=1S/C22H17ClN2/c23-21-13-7-6-11-19(21)18-10-4-5-12-20(18)22(25-15-14-24-16-25)17-8-2-1-3-9-17/h1-16,22H. The molecule has 1 atom stereocenters. The van der Waals surface area contributed by atoms with Gasteiger partial charge in [0.2, 0.25) is 0 Å². The van der Waals surface area contributed by atoms with Crippen LogP contribution in [0, 0.1) is 0 Å². The minimum atomic E-state index is 0.0381. The van der Waals surface area contributed by atoms with E-state index in [1.165, 1.54) is 11.1 Å². The second-order valence-corrected chi connectivity index (χ2v) is 6.30. The van der Waals surface area contributed by atoms with Gasteiger partial charge in [0, 0.05) is 23.0 Å². The molecule has 0 aliphatic rings. The highest BCUT2D eigenvalue weighted by molar-refractivity contribution is 6.33. The molecule has 0 fully saturated rings. The van der Waals surface area contributed by atoms with Crippen molar-refractivity contribution in [3.05, 3.63) is 114 Å². The minimum absolute atomic E-state index is 0.0381. The van der Waals surface area contributed by atoms with E-state index < -0.39 is 0 Å². The van der Waals surface area contributed by atoms with E-state index >= 15 is 0 Å². The SMILES string of the molecule is Clc1ccccc1-c1ccccc1C(c1ccccc1)n1ccnc1. The van der Waals surface area contributed by atoms with E-state index in [4.69, 9.17) is 11.6 Å².